The van der Waals surface area contributed by atoms with E-state index in [9.17, 15) is 13.2 Å². The lowest BCUT2D eigenvalue weighted by Gasteiger charge is -2.32. The Balaban J connectivity index is 1.90. The molecule has 0 spiro atoms. The Morgan fingerprint density at radius 1 is 1.33 bits per heavy atom. The van der Waals surface area contributed by atoms with Crippen LogP contribution < -0.4 is 5.73 Å². The Morgan fingerprint density at radius 2 is 2.00 bits per heavy atom. The molecule has 0 saturated carbocycles. The Kier molecular flexibility index (Phi) is 3.75. The first-order valence-corrected chi connectivity index (χ1v) is 5.95. The van der Waals surface area contributed by atoms with Crippen molar-refractivity contribution >= 4 is 5.69 Å². The van der Waals surface area contributed by atoms with Crippen LogP contribution in [0.4, 0.5) is 18.9 Å². The minimum atomic E-state index is -4.06. The minimum absolute atomic E-state index is 0.163. The summed E-state index contributed by atoms with van der Waals surface area (Å²) in [5.41, 5.74) is 7.10. The number of aromatic nitrogens is 1. The zero-order valence-corrected chi connectivity index (χ0v) is 9.95. The number of nitrogen functional groups attached to an aromatic ring is 1. The van der Waals surface area contributed by atoms with Gasteiger partial charge < -0.3 is 5.73 Å². The molecule has 6 heteroatoms. The molecule has 1 saturated heterocycles. The van der Waals surface area contributed by atoms with Crippen LogP contribution in [0.15, 0.2) is 18.3 Å². The molecule has 0 unspecified atom stereocenters. The molecule has 0 atom stereocenters. The lowest BCUT2D eigenvalue weighted by molar-refractivity contribution is -0.185. The first-order valence-electron chi connectivity index (χ1n) is 5.95. The number of nitrogens with zero attached hydrogens (tertiary/aromatic N) is 2. The van der Waals surface area contributed by atoms with E-state index in [1.165, 1.54) is 0 Å². The maximum atomic E-state index is 12.5. The molecular weight excluding hydrogens is 243 g/mol. The molecule has 0 aromatic carbocycles. The number of hydrogen-bond acceptors (Lipinski definition) is 3. The summed E-state index contributed by atoms with van der Waals surface area (Å²) in [7, 11) is 0. The van der Waals surface area contributed by atoms with Crippen LogP contribution in [0, 0.1) is 5.92 Å². The highest BCUT2D eigenvalue weighted by molar-refractivity contribution is 5.41. The highest BCUT2D eigenvalue weighted by Gasteiger charge is 2.40. The topological polar surface area (TPSA) is 42.1 Å². The third-order valence-corrected chi connectivity index (χ3v) is 3.35. The molecule has 1 aromatic rings. The van der Waals surface area contributed by atoms with Crippen molar-refractivity contribution in [3.8, 4) is 0 Å². The first kappa shape index (κ1) is 13.1. The Labute approximate surface area is 104 Å². The Hall–Kier alpha value is -1.30. The summed E-state index contributed by atoms with van der Waals surface area (Å²) in [6.45, 7) is 1.41. The average Bonchev–Trinajstić information content (AvgIpc) is 2.32. The second kappa shape index (κ2) is 5.14. The number of halogens is 3. The van der Waals surface area contributed by atoms with Gasteiger partial charge in [0.1, 0.15) is 0 Å². The number of rotatable bonds is 2. The van der Waals surface area contributed by atoms with Gasteiger partial charge in [0.2, 0.25) is 0 Å². The zero-order chi connectivity index (χ0) is 13.2. The fraction of sp³-hybridized carbons (Fsp3) is 0.583. The van der Waals surface area contributed by atoms with Crippen molar-refractivity contribution in [2.75, 3.05) is 18.8 Å². The molecule has 3 nitrogen and oxygen atoms in total. The van der Waals surface area contributed by atoms with Gasteiger partial charge in [0.05, 0.1) is 17.3 Å². The molecule has 0 radical (unpaired) electrons. The minimum Gasteiger partial charge on any atom is -0.397 e. The number of anilines is 1. The molecule has 1 aromatic heterocycles. The quantitative estimate of drug-likeness (QED) is 0.887. The number of nitrogens with two attached hydrogens (primary N) is 1. The molecule has 0 bridgehead atoms. The summed E-state index contributed by atoms with van der Waals surface area (Å²) >= 11 is 0. The van der Waals surface area contributed by atoms with Crippen LogP contribution in [0.5, 0.6) is 0 Å². The van der Waals surface area contributed by atoms with Gasteiger partial charge in [-0.05, 0) is 38.1 Å². The summed E-state index contributed by atoms with van der Waals surface area (Å²) in [6.07, 6.45) is -2.09. The third kappa shape index (κ3) is 3.13. The summed E-state index contributed by atoms with van der Waals surface area (Å²) in [5.74, 6) is -1.16. The van der Waals surface area contributed by atoms with E-state index >= 15 is 0 Å². The van der Waals surface area contributed by atoms with E-state index in [4.69, 9.17) is 5.73 Å². The lowest BCUT2D eigenvalue weighted by atomic mass is 9.96. The van der Waals surface area contributed by atoms with Crippen LogP contribution in [0.1, 0.15) is 18.5 Å². The highest BCUT2D eigenvalue weighted by atomic mass is 19.4. The number of alkyl halides is 3. The van der Waals surface area contributed by atoms with Crippen LogP contribution in [0.2, 0.25) is 0 Å². The van der Waals surface area contributed by atoms with Gasteiger partial charge in [0, 0.05) is 12.7 Å². The van der Waals surface area contributed by atoms with Gasteiger partial charge in [0.15, 0.2) is 0 Å². The molecule has 100 valence electrons. The summed E-state index contributed by atoms with van der Waals surface area (Å²) in [4.78, 5) is 6.12. The van der Waals surface area contributed by atoms with Crippen molar-refractivity contribution < 1.29 is 13.2 Å². The van der Waals surface area contributed by atoms with E-state index in [0.29, 0.717) is 25.3 Å². The van der Waals surface area contributed by atoms with E-state index in [-0.39, 0.29) is 12.8 Å². The van der Waals surface area contributed by atoms with Crippen molar-refractivity contribution in [1.82, 2.24) is 9.88 Å². The molecule has 0 amide bonds. The monoisotopic (exact) mass is 259 g/mol. The van der Waals surface area contributed by atoms with E-state index < -0.39 is 12.1 Å². The zero-order valence-electron chi connectivity index (χ0n) is 9.95. The van der Waals surface area contributed by atoms with Gasteiger partial charge in [-0.15, -0.1) is 0 Å². The van der Waals surface area contributed by atoms with Gasteiger partial charge in [-0.2, -0.15) is 13.2 Å². The molecule has 1 aliphatic heterocycles. The standard InChI is InChI=1S/C12H16F3N3/c13-12(14,15)9-3-6-18(7-4-9)8-11-10(16)2-1-5-17-11/h1-2,5,9H,3-4,6-8,16H2. The van der Waals surface area contributed by atoms with Crippen molar-refractivity contribution in [3.63, 3.8) is 0 Å². The van der Waals surface area contributed by atoms with Crippen molar-refractivity contribution in [2.24, 2.45) is 5.92 Å². The van der Waals surface area contributed by atoms with Gasteiger partial charge in [-0.3, -0.25) is 9.88 Å². The van der Waals surface area contributed by atoms with E-state index in [0.717, 1.165) is 5.69 Å². The van der Waals surface area contributed by atoms with Crippen LogP contribution in [0.3, 0.4) is 0 Å². The molecular formula is C12H16F3N3. The fourth-order valence-corrected chi connectivity index (χ4v) is 2.21. The molecule has 1 fully saturated rings. The summed E-state index contributed by atoms with van der Waals surface area (Å²) in [5, 5.41) is 0. The normalized spacial score (nSPS) is 19.1. The van der Waals surface area contributed by atoms with Crippen molar-refractivity contribution in [1.29, 1.82) is 0 Å². The first-order chi connectivity index (χ1) is 8.47. The van der Waals surface area contributed by atoms with Crippen molar-refractivity contribution in [2.45, 2.75) is 25.6 Å². The summed E-state index contributed by atoms with van der Waals surface area (Å²) < 4.78 is 37.5. The van der Waals surface area contributed by atoms with Crippen LogP contribution >= 0.6 is 0 Å². The van der Waals surface area contributed by atoms with Gasteiger partial charge in [-0.25, -0.2) is 0 Å². The maximum Gasteiger partial charge on any atom is 0.391 e. The number of likely N-dealkylation sites (tertiary alicyclic amines) is 1. The van der Waals surface area contributed by atoms with Gasteiger partial charge in [0.25, 0.3) is 0 Å². The highest BCUT2D eigenvalue weighted by Crippen LogP contribution is 2.34. The second-order valence-corrected chi connectivity index (χ2v) is 4.63. The number of pyridine rings is 1. The van der Waals surface area contributed by atoms with Gasteiger partial charge >= 0.3 is 6.18 Å². The molecule has 2 rings (SSSR count). The molecule has 0 aliphatic carbocycles. The molecule has 18 heavy (non-hydrogen) atoms. The molecule has 2 heterocycles. The smallest absolute Gasteiger partial charge is 0.391 e. The number of piperidine rings is 1. The van der Waals surface area contributed by atoms with Crippen LogP contribution in [-0.2, 0) is 6.54 Å². The van der Waals surface area contributed by atoms with Gasteiger partial charge in [-0.1, -0.05) is 0 Å². The molecule has 2 N–H and O–H groups in total. The maximum absolute atomic E-state index is 12.5. The fourth-order valence-electron chi connectivity index (χ4n) is 2.21. The number of hydrogen-bond donors (Lipinski definition) is 1. The molecule has 1 aliphatic rings. The van der Waals surface area contributed by atoms with E-state index in [2.05, 4.69) is 4.98 Å². The van der Waals surface area contributed by atoms with Crippen molar-refractivity contribution in [3.05, 3.63) is 24.0 Å². The second-order valence-electron chi connectivity index (χ2n) is 4.63. The van der Waals surface area contributed by atoms with Crippen LogP contribution in [0.25, 0.3) is 0 Å². The summed E-state index contributed by atoms with van der Waals surface area (Å²) in [6, 6.07) is 3.50. The lowest BCUT2D eigenvalue weighted by Crippen LogP contribution is -2.38. The Morgan fingerprint density at radius 3 is 2.56 bits per heavy atom. The predicted molar refractivity (Wildman–Crippen MR) is 62.7 cm³/mol. The van der Waals surface area contributed by atoms with Crippen LogP contribution in [-0.4, -0.2) is 29.1 Å². The SMILES string of the molecule is Nc1cccnc1CN1CCC(C(F)(F)F)CC1. The Bertz CT molecular complexity index is 398. The van der Waals surface area contributed by atoms with E-state index in [1.54, 1.807) is 18.3 Å². The average molecular weight is 259 g/mol. The largest absolute Gasteiger partial charge is 0.397 e. The third-order valence-electron chi connectivity index (χ3n) is 3.35. The predicted octanol–water partition coefficient (Wildman–Crippen LogP) is 2.44. The van der Waals surface area contributed by atoms with E-state index in [1.807, 2.05) is 4.90 Å².